The number of nitrogens with two attached hydrogens (primary N) is 1. The lowest BCUT2D eigenvalue weighted by atomic mass is 10.2. The van der Waals surface area contributed by atoms with Crippen LogP contribution in [0.3, 0.4) is 0 Å². The molecule has 0 saturated carbocycles. The van der Waals surface area contributed by atoms with Gasteiger partial charge in [0.2, 0.25) is 0 Å². The van der Waals surface area contributed by atoms with Gasteiger partial charge in [-0.2, -0.15) is 5.10 Å². The lowest BCUT2D eigenvalue weighted by Crippen LogP contribution is -1.94. The highest BCUT2D eigenvalue weighted by Gasteiger charge is 2.00. The highest BCUT2D eigenvalue weighted by molar-refractivity contribution is 9.10. The molecule has 0 bridgehead atoms. The van der Waals surface area contributed by atoms with Crippen LogP contribution in [-0.2, 0) is 0 Å². The lowest BCUT2D eigenvalue weighted by Gasteiger charge is -2.03. The molecular formula is C10H10BrN3. The number of benzene rings is 1. The first-order chi connectivity index (χ1) is 6.66. The van der Waals surface area contributed by atoms with Crippen LogP contribution >= 0.6 is 15.9 Å². The van der Waals surface area contributed by atoms with Crippen molar-refractivity contribution in [1.82, 2.24) is 9.78 Å². The second-order valence-corrected chi connectivity index (χ2v) is 4.01. The zero-order valence-electron chi connectivity index (χ0n) is 7.74. The summed E-state index contributed by atoms with van der Waals surface area (Å²) in [7, 11) is 0. The van der Waals surface area contributed by atoms with Crippen LogP contribution in [0.5, 0.6) is 0 Å². The topological polar surface area (TPSA) is 43.8 Å². The molecule has 0 fully saturated rings. The summed E-state index contributed by atoms with van der Waals surface area (Å²) in [4.78, 5) is 0. The number of halogens is 1. The molecule has 0 atom stereocenters. The van der Waals surface area contributed by atoms with Crippen molar-refractivity contribution in [2.75, 3.05) is 5.73 Å². The molecule has 0 spiro atoms. The minimum absolute atomic E-state index is 0.672. The Morgan fingerprint density at radius 3 is 2.79 bits per heavy atom. The Hall–Kier alpha value is -1.29. The van der Waals surface area contributed by atoms with Crippen LogP contribution in [0.4, 0.5) is 5.69 Å². The molecule has 1 heterocycles. The Morgan fingerprint density at radius 1 is 1.43 bits per heavy atom. The van der Waals surface area contributed by atoms with Crippen molar-refractivity contribution in [3.05, 3.63) is 40.6 Å². The monoisotopic (exact) mass is 251 g/mol. The quantitative estimate of drug-likeness (QED) is 0.847. The third-order valence-corrected chi connectivity index (χ3v) is 2.90. The molecule has 3 nitrogen and oxygen atoms in total. The van der Waals surface area contributed by atoms with Gasteiger partial charge in [0.25, 0.3) is 0 Å². The van der Waals surface area contributed by atoms with Gasteiger partial charge >= 0.3 is 0 Å². The zero-order chi connectivity index (χ0) is 10.1. The molecule has 0 aliphatic rings. The fourth-order valence-electron chi connectivity index (χ4n) is 1.25. The second-order valence-electron chi connectivity index (χ2n) is 3.15. The van der Waals surface area contributed by atoms with Crippen LogP contribution in [0.25, 0.3) is 5.69 Å². The summed E-state index contributed by atoms with van der Waals surface area (Å²) in [5.74, 6) is 0. The van der Waals surface area contributed by atoms with Crippen molar-refractivity contribution in [3.63, 3.8) is 0 Å². The minimum atomic E-state index is 0.672. The van der Waals surface area contributed by atoms with Crippen molar-refractivity contribution >= 4 is 21.6 Å². The van der Waals surface area contributed by atoms with Crippen LogP contribution in [0.1, 0.15) is 5.56 Å². The molecule has 2 aromatic rings. The first-order valence-corrected chi connectivity index (χ1v) is 5.03. The number of nitrogens with zero attached hydrogens (tertiary/aromatic N) is 2. The molecule has 2 N–H and O–H groups in total. The van der Waals surface area contributed by atoms with Crippen molar-refractivity contribution in [1.29, 1.82) is 0 Å². The number of hydrogen-bond donors (Lipinski definition) is 1. The summed E-state index contributed by atoms with van der Waals surface area (Å²) in [5.41, 5.74) is 8.46. The number of hydrogen-bond acceptors (Lipinski definition) is 2. The number of anilines is 1. The van der Waals surface area contributed by atoms with E-state index in [9.17, 15) is 0 Å². The van der Waals surface area contributed by atoms with Gasteiger partial charge in [0.15, 0.2) is 0 Å². The lowest BCUT2D eigenvalue weighted by molar-refractivity contribution is 0.879. The van der Waals surface area contributed by atoms with Crippen LogP contribution in [0.2, 0.25) is 0 Å². The van der Waals surface area contributed by atoms with Gasteiger partial charge in [-0.15, -0.1) is 0 Å². The molecule has 1 aromatic carbocycles. The predicted octanol–water partition coefficient (Wildman–Crippen LogP) is 2.53. The van der Waals surface area contributed by atoms with Gasteiger partial charge in [0, 0.05) is 4.47 Å². The van der Waals surface area contributed by atoms with Gasteiger partial charge in [-0.05, 0) is 30.7 Å². The van der Waals surface area contributed by atoms with E-state index < -0.39 is 0 Å². The van der Waals surface area contributed by atoms with Crippen molar-refractivity contribution in [2.24, 2.45) is 0 Å². The van der Waals surface area contributed by atoms with Crippen molar-refractivity contribution in [3.8, 4) is 5.69 Å². The van der Waals surface area contributed by atoms with Gasteiger partial charge in [0.05, 0.1) is 23.8 Å². The third kappa shape index (κ3) is 1.65. The van der Waals surface area contributed by atoms with E-state index in [0.717, 1.165) is 10.2 Å². The Morgan fingerprint density at radius 2 is 2.21 bits per heavy atom. The number of aryl methyl sites for hydroxylation is 1. The van der Waals surface area contributed by atoms with Crippen LogP contribution < -0.4 is 5.73 Å². The Bertz CT molecular complexity index is 462. The number of aromatic nitrogens is 2. The van der Waals surface area contributed by atoms with E-state index in [2.05, 4.69) is 27.1 Å². The molecule has 0 unspecified atom stereocenters. The molecular weight excluding hydrogens is 242 g/mol. The highest BCUT2D eigenvalue weighted by Crippen LogP contribution is 2.19. The van der Waals surface area contributed by atoms with Crippen LogP contribution in [0, 0.1) is 6.92 Å². The van der Waals surface area contributed by atoms with Gasteiger partial charge in [-0.1, -0.05) is 15.9 Å². The predicted molar refractivity (Wildman–Crippen MR) is 60.4 cm³/mol. The first-order valence-electron chi connectivity index (χ1n) is 4.23. The van der Waals surface area contributed by atoms with Gasteiger partial charge in [0.1, 0.15) is 0 Å². The fourth-order valence-corrected chi connectivity index (χ4v) is 1.50. The fraction of sp³-hybridized carbons (Fsp3) is 0.100. The standard InChI is InChI=1S/C10H10BrN3/c1-7-4-9(2-3-10(7)11)14-6-8(12)5-13-14/h2-6H,12H2,1H3. The smallest absolute Gasteiger partial charge is 0.0724 e. The van der Waals surface area contributed by atoms with E-state index >= 15 is 0 Å². The number of nitrogen functional groups attached to an aromatic ring is 1. The highest BCUT2D eigenvalue weighted by atomic mass is 79.9. The Labute approximate surface area is 90.7 Å². The van der Waals surface area contributed by atoms with Gasteiger partial charge < -0.3 is 5.73 Å². The average Bonchev–Trinajstić information content (AvgIpc) is 2.57. The molecule has 0 radical (unpaired) electrons. The van der Waals surface area contributed by atoms with E-state index in [1.807, 2.05) is 19.1 Å². The third-order valence-electron chi connectivity index (χ3n) is 2.01. The summed E-state index contributed by atoms with van der Waals surface area (Å²) in [6, 6.07) is 6.04. The summed E-state index contributed by atoms with van der Waals surface area (Å²) in [6.45, 7) is 2.04. The first kappa shape index (κ1) is 9.27. The molecule has 0 aliphatic carbocycles. The molecule has 1 aromatic heterocycles. The maximum Gasteiger partial charge on any atom is 0.0724 e. The zero-order valence-corrected chi connectivity index (χ0v) is 9.32. The molecule has 14 heavy (non-hydrogen) atoms. The van der Waals surface area contributed by atoms with E-state index in [1.54, 1.807) is 17.1 Å². The summed E-state index contributed by atoms with van der Waals surface area (Å²) < 4.78 is 2.86. The van der Waals surface area contributed by atoms with Crippen molar-refractivity contribution in [2.45, 2.75) is 6.92 Å². The molecule has 0 aliphatic heterocycles. The Kier molecular flexibility index (Phi) is 2.29. The Balaban J connectivity index is 2.47. The summed E-state index contributed by atoms with van der Waals surface area (Å²) in [5, 5.41) is 4.13. The SMILES string of the molecule is Cc1cc(-n2cc(N)cn2)ccc1Br. The van der Waals surface area contributed by atoms with Gasteiger partial charge in [-0.25, -0.2) is 4.68 Å². The molecule has 2 rings (SSSR count). The second kappa shape index (κ2) is 3.46. The largest absolute Gasteiger partial charge is 0.396 e. The van der Waals surface area contributed by atoms with E-state index in [4.69, 9.17) is 5.73 Å². The van der Waals surface area contributed by atoms with Crippen LogP contribution in [0.15, 0.2) is 35.1 Å². The van der Waals surface area contributed by atoms with E-state index in [1.165, 1.54) is 5.56 Å². The average molecular weight is 252 g/mol. The maximum atomic E-state index is 5.59. The maximum absolute atomic E-state index is 5.59. The molecule has 0 amide bonds. The molecule has 4 heteroatoms. The molecule has 72 valence electrons. The van der Waals surface area contributed by atoms with Crippen molar-refractivity contribution < 1.29 is 0 Å². The van der Waals surface area contributed by atoms with Crippen LogP contribution in [-0.4, -0.2) is 9.78 Å². The summed E-state index contributed by atoms with van der Waals surface area (Å²) >= 11 is 3.45. The normalized spacial score (nSPS) is 10.4. The minimum Gasteiger partial charge on any atom is -0.396 e. The van der Waals surface area contributed by atoms with Gasteiger partial charge in [-0.3, -0.25) is 0 Å². The summed E-state index contributed by atoms with van der Waals surface area (Å²) in [6.07, 6.45) is 3.43. The van der Waals surface area contributed by atoms with E-state index in [-0.39, 0.29) is 0 Å². The number of rotatable bonds is 1. The van der Waals surface area contributed by atoms with E-state index in [0.29, 0.717) is 5.69 Å². The molecule has 0 saturated heterocycles.